The SMILES string of the molecule is O=C(Nc1cnccc1SCC(F)(F)F)c1ccnc(Nc2ccc(C(F)(F)F)cn2)c1. The van der Waals surface area contributed by atoms with Crippen LogP contribution in [0.4, 0.5) is 43.7 Å². The Hall–Kier alpha value is -3.35. The molecule has 3 aromatic heterocycles. The molecule has 0 bridgehead atoms. The van der Waals surface area contributed by atoms with Crippen molar-refractivity contribution in [1.29, 1.82) is 0 Å². The Balaban J connectivity index is 1.71. The van der Waals surface area contributed by atoms with E-state index in [4.69, 9.17) is 0 Å². The summed E-state index contributed by atoms with van der Waals surface area (Å²) in [6, 6.07) is 5.97. The molecule has 0 fully saturated rings. The van der Waals surface area contributed by atoms with E-state index >= 15 is 0 Å². The maximum absolute atomic E-state index is 12.6. The van der Waals surface area contributed by atoms with Crippen LogP contribution in [0.25, 0.3) is 0 Å². The topological polar surface area (TPSA) is 79.8 Å². The van der Waals surface area contributed by atoms with Gasteiger partial charge in [-0.3, -0.25) is 9.78 Å². The van der Waals surface area contributed by atoms with Crippen LogP contribution in [-0.2, 0) is 6.18 Å². The van der Waals surface area contributed by atoms with Crippen LogP contribution in [0, 0.1) is 0 Å². The van der Waals surface area contributed by atoms with Gasteiger partial charge in [0.15, 0.2) is 0 Å². The van der Waals surface area contributed by atoms with Crippen molar-refractivity contribution >= 4 is 35.0 Å². The second kappa shape index (κ2) is 9.42. The molecule has 0 saturated heterocycles. The predicted octanol–water partition coefficient (Wildman–Crippen LogP) is 5.54. The standard InChI is InChI=1S/C19H13F6N5OS/c20-18(21,22)10-32-14-4-5-26-9-13(14)29-17(31)11-3-6-27-16(7-11)30-15-2-1-12(8-28-15)19(23,24)25/h1-9H,10H2,(H,29,31)(H,27,28,30). The van der Waals surface area contributed by atoms with Gasteiger partial charge in [0.1, 0.15) is 11.6 Å². The van der Waals surface area contributed by atoms with Gasteiger partial charge >= 0.3 is 12.4 Å². The second-order valence-corrected chi connectivity index (χ2v) is 7.23. The average Bonchev–Trinajstić information content (AvgIpc) is 2.72. The summed E-state index contributed by atoms with van der Waals surface area (Å²) in [4.78, 5) is 24.2. The summed E-state index contributed by atoms with van der Waals surface area (Å²) in [6.45, 7) is 0. The monoisotopic (exact) mass is 473 g/mol. The van der Waals surface area contributed by atoms with E-state index in [1.807, 2.05) is 0 Å². The average molecular weight is 473 g/mol. The van der Waals surface area contributed by atoms with Crippen LogP contribution in [0.5, 0.6) is 0 Å². The summed E-state index contributed by atoms with van der Waals surface area (Å²) in [7, 11) is 0. The van der Waals surface area contributed by atoms with Gasteiger partial charge in [-0.05, 0) is 30.3 Å². The highest BCUT2D eigenvalue weighted by molar-refractivity contribution is 7.99. The van der Waals surface area contributed by atoms with E-state index in [-0.39, 0.29) is 27.8 Å². The van der Waals surface area contributed by atoms with Crippen molar-refractivity contribution in [2.24, 2.45) is 0 Å². The van der Waals surface area contributed by atoms with Gasteiger partial charge in [0, 0.05) is 29.0 Å². The van der Waals surface area contributed by atoms with Gasteiger partial charge in [0.05, 0.1) is 23.2 Å². The van der Waals surface area contributed by atoms with E-state index < -0.39 is 29.6 Å². The number of rotatable bonds is 6. The Labute approximate surface area is 181 Å². The highest BCUT2D eigenvalue weighted by atomic mass is 32.2. The van der Waals surface area contributed by atoms with Crippen molar-refractivity contribution in [2.75, 3.05) is 16.4 Å². The number of amides is 1. The molecule has 6 nitrogen and oxygen atoms in total. The minimum Gasteiger partial charge on any atom is -0.325 e. The molecule has 13 heteroatoms. The van der Waals surface area contributed by atoms with Crippen LogP contribution in [0.15, 0.2) is 60.0 Å². The zero-order valence-electron chi connectivity index (χ0n) is 15.8. The lowest BCUT2D eigenvalue weighted by Gasteiger charge is -2.12. The first-order valence-corrected chi connectivity index (χ1v) is 9.71. The molecule has 0 aliphatic heterocycles. The van der Waals surface area contributed by atoms with E-state index in [0.717, 1.165) is 12.1 Å². The molecule has 0 aliphatic carbocycles. The summed E-state index contributed by atoms with van der Waals surface area (Å²) in [6.07, 6.45) is -4.44. The fourth-order valence-corrected chi connectivity index (χ4v) is 3.10. The number of halogens is 6. The third kappa shape index (κ3) is 6.57. The zero-order valence-corrected chi connectivity index (χ0v) is 16.6. The van der Waals surface area contributed by atoms with Crippen molar-refractivity contribution in [3.63, 3.8) is 0 Å². The van der Waals surface area contributed by atoms with Crippen LogP contribution < -0.4 is 10.6 Å². The van der Waals surface area contributed by atoms with E-state index in [2.05, 4.69) is 25.6 Å². The van der Waals surface area contributed by atoms with Crippen molar-refractivity contribution in [1.82, 2.24) is 15.0 Å². The van der Waals surface area contributed by atoms with Gasteiger partial charge in [0.25, 0.3) is 5.91 Å². The van der Waals surface area contributed by atoms with Gasteiger partial charge < -0.3 is 10.6 Å². The lowest BCUT2D eigenvalue weighted by Crippen LogP contribution is -2.14. The van der Waals surface area contributed by atoms with Gasteiger partial charge in [0.2, 0.25) is 0 Å². The molecule has 0 radical (unpaired) electrons. The molecule has 0 atom stereocenters. The maximum atomic E-state index is 12.6. The quantitative estimate of drug-likeness (QED) is 0.362. The fourth-order valence-electron chi connectivity index (χ4n) is 2.36. The Morgan fingerprint density at radius 2 is 1.72 bits per heavy atom. The smallest absolute Gasteiger partial charge is 0.325 e. The Bertz CT molecular complexity index is 1090. The van der Waals surface area contributed by atoms with Crippen LogP contribution in [0.2, 0.25) is 0 Å². The maximum Gasteiger partial charge on any atom is 0.417 e. The summed E-state index contributed by atoms with van der Waals surface area (Å²) in [5.74, 6) is -1.58. The summed E-state index contributed by atoms with van der Waals surface area (Å²) in [5, 5.41) is 5.17. The highest BCUT2D eigenvalue weighted by Gasteiger charge is 2.30. The number of hydrogen-bond donors (Lipinski definition) is 2. The Morgan fingerprint density at radius 3 is 2.38 bits per heavy atom. The molecule has 3 aromatic rings. The number of nitrogens with one attached hydrogen (secondary N) is 2. The number of carbonyl (C=O) groups is 1. The van der Waals surface area contributed by atoms with E-state index in [0.29, 0.717) is 18.0 Å². The number of nitrogens with zero attached hydrogens (tertiary/aromatic N) is 3. The lowest BCUT2D eigenvalue weighted by atomic mass is 10.2. The van der Waals surface area contributed by atoms with Crippen molar-refractivity contribution in [3.8, 4) is 0 Å². The highest BCUT2D eigenvalue weighted by Crippen LogP contribution is 2.32. The molecular weight excluding hydrogens is 460 g/mol. The van der Waals surface area contributed by atoms with E-state index in [1.165, 1.54) is 36.8 Å². The second-order valence-electron chi connectivity index (χ2n) is 6.21. The fraction of sp³-hybridized carbons (Fsp3) is 0.158. The number of thioether (sulfide) groups is 1. The number of carbonyl (C=O) groups excluding carboxylic acids is 1. The number of pyridine rings is 3. The van der Waals surface area contributed by atoms with Crippen molar-refractivity contribution < 1.29 is 31.1 Å². The molecular formula is C19H13F6N5OS. The molecule has 0 aromatic carbocycles. The molecule has 1 amide bonds. The third-order valence-electron chi connectivity index (χ3n) is 3.79. The van der Waals surface area contributed by atoms with Crippen LogP contribution >= 0.6 is 11.8 Å². The minimum absolute atomic E-state index is 0.0705. The van der Waals surface area contributed by atoms with Gasteiger partial charge in [-0.25, -0.2) is 9.97 Å². The van der Waals surface area contributed by atoms with Crippen LogP contribution in [0.3, 0.4) is 0 Å². The molecule has 168 valence electrons. The largest absolute Gasteiger partial charge is 0.417 e. The molecule has 0 unspecified atom stereocenters. The van der Waals surface area contributed by atoms with Crippen molar-refractivity contribution in [2.45, 2.75) is 17.2 Å². The van der Waals surface area contributed by atoms with E-state index in [1.54, 1.807) is 0 Å². The first kappa shape index (κ1) is 23.3. The van der Waals surface area contributed by atoms with Crippen LogP contribution in [-0.4, -0.2) is 32.8 Å². The molecule has 3 rings (SSSR count). The van der Waals surface area contributed by atoms with Crippen molar-refractivity contribution in [3.05, 3.63) is 66.2 Å². The number of alkyl halides is 6. The summed E-state index contributed by atoms with van der Waals surface area (Å²) in [5.41, 5.74) is -0.715. The molecule has 0 spiro atoms. The normalized spacial score (nSPS) is 11.8. The number of aromatic nitrogens is 3. The van der Waals surface area contributed by atoms with Crippen LogP contribution in [0.1, 0.15) is 15.9 Å². The van der Waals surface area contributed by atoms with Gasteiger partial charge in [-0.2, -0.15) is 26.3 Å². The molecule has 2 N–H and O–H groups in total. The summed E-state index contributed by atoms with van der Waals surface area (Å²) < 4.78 is 75.4. The van der Waals surface area contributed by atoms with Gasteiger partial charge in [-0.15, -0.1) is 11.8 Å². The Kier molecular flexibility index (Phi) is 6.87. The summed E-state index contributed by atoms with van der Waals surface area (Å²) >= 11 is 0.506. The number of hydrogen-bond acceptors (Lipinski definition) is 6. The minimum atomic E-state index is -4.52. The zero-order chi connectivity index (χ0) is 23.4. The predicted molar refractivity (Wildman–Crippen MR) is 106 cm³/mol. The molecule has 3 heterocycles. The Morgan fingerprint density at radius 1 is 0.938 bits per heavy atom. The third-order valence-corrected chi connectivity index (χ3v) is 4.93. The first-order valence-electron chi connectivity index (χ1n) is 8.72. The first-order chi connectivity index (χ1) is 15.0. The number of anilines is 3. The molecule has 0 saturated carbocycles. The van der Waals surface area contributed by atoms with Gasteiger partial charge in [-0.1, -0.05) is 0 Å². The molecule has 0 aliphatic rings. The molecule has 32 heavy (non-hydrogen) atoms. The van der Waals surface area contributed by atoms with E-state index in [9.17, 15) is 31.1 Å². The lowest BCUT2D eigenvalue weighted by molar-refractivity contribution is -0.137.